The van der Waals surface area contributed by atoms with Crippen LogP contribution in [0.2, 0.25) is 0 Å². The zero-order valence-electron chi connectivity index (χ0n) is 28.5. The Bertz CT molecular complexity index is 1750. The fraction of sp³-hybridized carbons (Fsp3) is 0.543. The van der Waals surface area contributed by atoms with Crippen LogP contribution in [0, 0.1) is 23.1 Å². The molecular formula is C35H43FN6O8. The minimum absolute atomic E-state index is 0.0482. The smallest absolute Gasteiger partial charge is 0.408 e. The molecule has 5 atom stereocenters. The normalized spacial score (nSPS) is 23.8. The van der Waals surface area contributed by atoms with Gasteiger partial charge >= 0.3 is 12.1 Å². The predicted molar refractivity (Wildman–Crippen MR) is 176 cm³/mol. The number of carbonyl (C=O) groups excluding carboxylic acids is 3. The fourth-order valence-corrected chi connectivity index (χ4v) is 6.64. The molecular weight excluding hydrogens is 651 g/mol. The van der Waals surface area contributed by atoms with Crippen molar-refractivity contribution in [3.05, 3.63) is 59.8 Å². The van der Waals surface area contributed by atoms with E-state index in [0.717, 1.165) is 31.2 Å². The molecule has 1 aromatic carbocycles. The van der Waals surface area contributed by atoms with E-state index in [-0.39, 0.29) is 35.2 Å². The number of nitrogens with one attached hydrogen (secondary N) is 2. The van der Waals surface area contributed by atoms with Crippen molar-refractivity contribution in [3.63, 3.8) is 0 Å². The second-order valence-corrected chi connectivity index (χ2v) is 14.1. The summed E-state index contributed by atoms with van der Waals surface area (Å²) < 4.78 is 31.7. The number of hydrogen-bond donors (Lipinski definition) is 4. The molecule has 15 heteroatoms. The van der Waals surface area contributed by atoms with E-state index in [1.54, 1.807) is 39.8 Å². The Kier molecular flexibility index (Phi) is 10.8. The fourth-order valence-electron chi connectivity index (χ4n) is 6.64. The highest BCUT2D eigenvalue weighted by Crippen LogP contribution is 2.42. The van der Waals surface area contributed by atoms with E-state index in [1.165, 1.54) is 28.8 Å². The molecule has 1 saturated carbocycles. The van der Waals surface area contributed by atoms with Crippen LogP contribution < -0.4 is 10.6 Å². The first-order valence-electron chi connectivity index (χ1n) is 16.7. The first-order chi connectivity index (χ1) is 23.7. The summed E-state index contributed by atoms with van der Waals surface area (Å²) in [7, 11) is 0. The van der Waals surface area contributed by atoms with Crippen molar-refractivity contribution in [3.8, 4) is 6.07 Å². The van der Waals surface area contributed by atoms with Gasteiger partial charge in [0.1, 0.15) is 41.5 Å². The molecule has 50 heavy (non-hydrogen) atoms. The number of nitrogens with zero attached hydrogens (tertiary/aromatic N) is 4. The van der Waals surface area contributed by atoms with Crippen LogP contribution in [0.3, 0.4) is 0 Å². The van der Waals surface area contributed by atoms with Gasteiger partial charge in [-0.05, 0) is 69.9 Å². The molecule has 3 aromatic rings. The lowest BCUT2D eigenvalue weighted by molar-refractivity contribution is -0.158. The van der Waals surface area contributed by atoms with Crippen LogP contribution in [0.25, 0.3) is 5.52 Å². The first kappa shape index (κ1) is 36.6. The molecule has 268 valence electrons. The van der Waals surface area contributed by atoms with Crippen LogP contribution in [0.1, 0.15) is 77.5 Å². The number of benzene rings is 1. The summed E-state index contributed by atoms with van der Waals surface area (Å²) >= 11 is 0. The van der Waals surface area contributed by atoms with Gasteiger partial charge in [-0.2, -0.15) is 10.4 Å². The highest BCUT2D eigenvalue weighted by atomic mass is 19.1. The van der Waals surface area contributed by atoms with E-state index in [4.69, 9.17) is 14.2 Å². The van der Waals surface area contributed by atoms with Gasteiger partial charge in [-0.15, -0.1) is 0 Å². The number of fused-ring (bicyclic) bond motifs is 1. The van der Waals surface area contributed by atoms with E-state index in [9.17, 15) is 34.2 Å². The second kappa shape index (κ2) is 14.7. The van der Waals surface area contributed by atoms with Crippen molar-refractivity contribution in [2.24, 2.45) is 5.92 Å². The van der Waals surface area contributed by atoms with E-state index in [0.29, 0.717) is 19.3 Å². The lowest BCUT2D eigenvalue weighted by Gasteiger charge is -2.38. The third-order valence-corrected chi connectivity index (χ3v) is 9.08. The number of halogens is 1. The average molecular weight is 695 g/mol. The number of anilines is 1. The third-order valence-electron chi connectivity index (χ3n) is 9.08. The minimum Gasteiger partial charge on any atom is -0.456 e. The van der Waals surface area contributed by atoms with Gasteiger partial charge in [-0.25, -0.2) is 18.7 Å². The molecule has 1 aliphatic heterocycles. The number of alkyl carbamates (subject to hydrolysis) is 1. The molecule has 14 nitrogen and oxygen atoms in total. The summed E-state index contributed by atoms with van der Waals surface area (Å²) in [6.07, 6.45) is -0.379. The maximum absolute atomic E-state index is 13.4. The Balaban J connectivity index is 1.34. The SMILES string of the molecule is C[C@@H](Cc1ccc(F)cc1)C(=O)Nc1ncnn2c([C@]3(C#N)O[C@H](CO)[C@@H](OC(=O)CC4(NC(=O)OC(C)(C)C)CCCCC4)[C@H]3O)ccc12. The van der Waals surface area contributed by atoms with Crippen molar-refractivity contribution < 1.29 is 43.2 Å². The molecule has 2 amide bonds. The summed E-state index contributed by atoms with van der Waals surface area (Å²) in [5.41, 5.74) is -2.72. The zero-order chi connectivity index (χ0) is 36.3. The monoisotopic (exact) mass is 694 g/mol. The van der Waals surface area contributed by atoms with Crippen molar-refractivity contribution in [1.82, 2.24) is 19.9 Å². The van der Waals surface area contributed by atoms with Gasteiger partial charge in [-0.3, -0.25) is 9.59 Å². The molecule has 1 saturated heterocycles. The molecule has 3 heterocycles. The topological polar surface area (TPSA) is 197 Å². The van der Waals surface area contributed by atoms with Gasteiger partial charge in [0.2, 0.25) is 11.5 Å². The number of nitriles is 1. The van der Waals surface area contributed by atoms with Crippen molar-refractivity contribution >= 4 is 29.3 Å². The number of aromatic nitrogens is 3. The summed E-state index contributed by atoms with van der Waals surface area (Å²) in [5.74, 6) is -1.89. The second-order valence-electron chi connectivity index (χ2n) is 14.1. The Morgan fingerprint density at radius 1 is 1.16 bits per heavy atom. The van der Waals surface area contributed by atoms with Gasteiger partial charge in [0.05, 0.1) is 24.3 Å². The Hall–Kier alpha value is -4.65. The molecule has 5 rings (SSSR count). The Morgan fingerprint density at radius 3 is 2.50 bits per heavy atom. The van der Waals surface area contributed by atoms with E-state index in [1.807, 2.05) is 6.07 Å². The van der Waals surface area contributed by atoms with Gasteiger partial charge in [-0.1, -0.05) is 38.3 Å². The maximum atomic E-state index is 13.4. The molecule has 4 N–H and O–H groups in total. The summed E-state index contributed by atoms with van der Waals surface area (Å²) in [4.78, 5) is 43.5. The Morgan fingerprint density at radius 2 is 1.86 bits per heavy atom. The van der Waals surface area contributed by atoms with Crippen LogP contribution in [-0.4, -0.2) is 78.8 Å². The van der Waals surface area contributed by atoms with Crippen LogP contribution in [0.5, 0.6) is 0 Å². The number of hydrogen-bond acceptors (Lipinski definition) is 11. The quantitative estimate of drug-likeness (QED) is 0.226. The van der Waals surface area contributed by atoms with Crippen LogP contribution >= 0.6 is 0 Å². The van der Waals surface area contributed by atoms with Gasteiger partial charge in [0.25, 0.3) is 0 Å². The van der Waals surface area contributed by atoms with E-state index in [2.05, 4.69) is 20.7 Å². The molecule has 0 radical (unpaired) electrons. The molecule has 0 spiro atoms. The number of amides is 2. The summed E-state index contributed by atoms with van der Waals surface area (Å²) in [6, 6.07) is 10.9. The highest BCUT2D eigenvalue weighted by molar-refractivity contribution is 5.95. The molecule has 2 aliphatic rings. The standard InChI is InChI=1S/C35H43FN6O8/c1-21(16-22-8-10-23(36)11-9-22)31(46)40-30-24-12-13-26(42(24)39-20-38-30)35(19-37)29(45)28(25(18-43)49-35)48-27(44)17-34(14-6-5-7-15-34)41-32(47)50-33(2,3)4/h8-13,20-21,25,28-29,43,45H,5-7,14-18H2,1-4H3,(H,41,47)(H,38,39,40,46)/t21-,25+,28+,29+,35-/m0/s1. The number of carbonyl (C=O) groups is 3. The van der Waals surface area contributed by atoms with Gasteiger partial charge in [0, 0.05) is 5.92 Å². The number of esters is 1. The minimum atomic E-state index is -2.15. The predicted octanol–water partition coefficient (Wildman–Crippen LogP) is 3.69. The molecule has 0 unspecified atom stereocenters. The average Bonchev–Trinajstić information content (AvgIpc) is 3.61. The van der Waals surface area contributed by atoms with Gasteiger partial charge in [0.15, 0.2) is 11.9 Å². The number of aliphatic hydroxyl groups excluding tert-OH is 2. The Labute approximate surface area is 288 Å². The van der Waals surface area contributed by atoms with Crippen molar-refractivity contribution in [2.75, 3.05) is 11.9 Å². The van der Waals surface area contributed by atoms with E-state index >= 15 is 0 Å². The molecule has 2 aromatic heterocycles. The third kappa shape index (κ3) is 7.88. The molecule has 1 aliphatic carbocycles. The largest absolute Gasteiger partial charge is 0.456 e. The maximum Gasteiger partial charge on any atom is 0.408 e. The highest BCUT2D eigenvalue weighted by Gasteiger charge is 2.59. The first-order valence-corrected chi connectivity index (χ1v) is 16.7. The molecule has 2 fully saturated rings. The number of ether oxygens (including phenoxy) is 3. The number of aliphatic hydroxyl groups is 2. The van der Waals surface area contributed by atoms with Crippen LogP contribution in [0.4, 0.5) is 15.0 Å². The number of rotatable bonds is 10. The lowest BCUT2D eigenvalue weighted by atomic mass is 9.79. The van der Waals surface area contributed by atoms with Crippen LogP contribution in [-0.2, 0) is 35.8 Å². The molecule has 0 bridgehead atoms. The van der Waals surface area contributed by atoms with Crippen molar-refractivity contribution in [1.29, 1.82) is 5.26 Å². The lowest BCUT2D eigenvalue weighted by Crippen LogP contribution is -2.53. The zero-order valence-corrected chi connectivity index (χ0v) is 28.5. The van der Waals surface area contributed by atoms with Crippen molar-refractivity contribution in [2.45, 2.75) is 108 Å². The van der Waals surface area contributed by atoms with Gasteiger partial charge < -0.3 is 35.1 Å². The van der Waals surface area contributed by atoms with E-state index < -0.39 is 59.6 Å². The summed E-state index contributed by atoms with van der Waals surface area (Å²) in [6.45, 7) is 6.24. The van der Waals surface area contributed by atoms with Crippen LogP contribution in [0.15, 0.2) is 42.7 Å². The summed E-state index contributed by atoms with van der Waals surface area (Å²) in [5, 5.41) is 42.1.